The van der Waals surface area contributed by atoms with Crippen LogP contribution in [-0.2, 0) is 0 Å². The molecule has 0 aliphatic carbocycles. The van der Waals surface area contributed by atoms with Gasteiger partial charge in [-0.25, -0.2) is 0 Å². The lowest BCUT2D eigenvalue weighted by Crippen LogP contribution is -2.45. The summed E-state index contributed by atoms with van der Waals surface area (Å²) in [5.41, 5.74) is -0.0878. The van der Waals surface area contributed by atoms with E-state index in [9.17, 15) is 5.11 Å². The average Bonchev–Trinajstić information content (AvgIpc) is 2.35. The van der Waals surface area contributed by atoms with E-state index in [-0.39, 0.29) is 12.1 Å². The van der Waals surface area contributed by atoms with Gasteiger partial charge in [0.2, 0.25) is 0 Å². The summed E-state index contributed by atoms with van der Waals surface area (Å²) < 4.78 is 0. The van der Waals surface area contributed by atoms with Gasteiger partial charge in [0.1, 0.15) is 0 Å². The highest BCUT2D eigenvalue weighted by Crippen LogP contribution is 2.13. The molecule has 0 saturated carbocycles. The lowest BCUT2D eigenvalue weighted by Gasteiger charge is -2.28. The van der Waals surface area contributed by atoms with Crippen molar-refractivity contribution in [3.8, 4) is 0 Å². The second-order valence-electron chi connectivity index (χ2n) is 5.72. The van der Waals surface area contributed by atoms with Crippen molar-refractivity contribution >= 4 is 0 Å². The number of hydrogen-bond donors (Lipinski definition) is 2. The van der Waals surface area contributed by atoms with Crippen molar-refractivity contribution in [2.24, 2.45) is 0 Å². The minimum atomic E-state index is -0.0878. The van der Waals surface area contributed by atoms with Crippen LogP contribution >= 0.6 is 0 Å². The van der Waals surface area contributed by atoms with Crippen LogP contribution in [0, 0.1) is 0 Å². The Morgan fingerprint density at radius 2 is 1.67 bits per heavy atom. The molecule has 0 radical (unpaired) electrons. The van der Waals surface area contributed by atoms with Gasteiger partial charge in [0, 0.05) is 5.54 Å². The van der Waals surface area contributed by atoms with Gasteiger partial charge < -0.3 is 15.3 Å². The largest absolute Gasteiger partial charge is 0.394 e. The van der Waals surface area contributed by atoms with Gasteiger partial charge in [0.05, 0.1) is 6.61 Å². The van der Waals surface area contributed by atoms with E-state index in [1.807, 2.05) is 0 Å². The first-order valence-electron chi connectivity index (χ1n) is 7.62. The normalized spacial score (nSPS) is 15.0. The number of aliphatic hydroxyl groups is 1. The zero-order valence-corrected chi connectivity index (χ0v) is 13.0. The first-order chi connectivity index (χ1) is 8.58. The van der Waals surface area contributed by atoms with E-state index in [1.165, 1.54) is 45.2 Å². The minimum Gasteiger partial charge on any atom is -0.394 e. The zero-order chi connectivity index (χ0) is 13.9. The van der Waals surface area contributed by atoms with Gasteiger partial charge in [-0.1, -0.05) is 33.1 Å². The molecule has 0 saturated heterocycles. The summed E-state index contributed by atoms with van der Waals surface area (Å²) >= 11 is 0. The standard InChI is InChI=1S/C15H34N2O/c1-5-7-9-12-17(4)13-10-8-11-15(3,14-18)16-6-2/h16,18H,5-14H2,1-4H3. The topological polar surface area (TPSA) is 35.5 Å². The summed E-state index contributed by atoms with van der Waals surface area (Å²) in [7, 11) is 2.21. The number of aliphatic hydroxyl groups excluding tert-OH is 1. The van der Waals surface area contributed by atoms with E-state index in [0.717, 1.165) is 13.0 Å². The van der Waals surface area contributed by atoms with E-state index in [1.54, 1.807) is 0 Å². The number of nitrogens with zero attached hydrogens (tertiary/aromatic N) is 1. The Balaban J connectivity index is 3.58. The molecule has 110 valence electrons. The summed E-state index contributed by atoms with van der Waals surface area (Å²) in [5, 5.41) is 12.8. The smallest absolute Gasteiger partial charge is 0.0610 e. The van der Waals surface area contributed by atoms with Crippen molar-refractivity contribution in [1.29, 1.82) is 0 Å². The Labute approximate surface area is 114 Å². The SMILES string of the molecule is CCCCCN(C)CCCCC(C)(CO)NCC. The first-order valence-corrected chi connectivity index (χ1v) is 7.62. The fraction of sp³-hybridized carbons (Fsp3) is 1.00. The highest BCUT2D eigenvalue weighted by atomic mass is 16.3. The molecule has 2 N–H and O–H groups in total. The van der Waals surface area contributed by atoms with E-state index >= 15 is 0 Å². The number of unbranched alkanes of at least 4 members (excludes halogenated alkanes) is 3. The molecule has 0 aromatic heterocycles. The molecule has 0 spiro atoms. The van der Waals surface area contributed by atoms with E-state index in [2.05, 4.69) is 38.0 Å². The van der Waals surface area contributed by atoms with Gasteiger partial charge in [0.15, 0.2) is 0 Å². The summed E-state index contributed by atoms with van der Waals surface area (Å²) in [6.45, 7) is 10.0. The molecule has 18 heavy (non-hydrogen) atoms. The van der Waals surface area contributed by atoms with Gasteiger partial charge in [0.25, 0.3) is 0 Å². The third-order valence-corrected chi connectivity index (χ3v) is 3.61. The maximum absolute atomic E-state index is 9.40. The summed E-state index contributed by atoms with van der Waals surface area (Å²) in [6, 6.07) is 0. The van der Waals surface area contributed by atoms with Crippen molar-refractivity contribution < 1.29 is 5.11 Å². The van der Waals surface area contributed by atoms with Gasteiger partial charge in [-0.3, -0.25) is 0 Å². The molecule has 1 atom stereocenters. The quantitative estimate of drug-likeness (QED) is 0.528. The van der Waals surface area contributed by atoms with Crippen molar-refractivity contribution in [3.63, 3.8) is 0 Å². The van der Waals surface area contributed by atoms with E-state index < -0.39 is 0 Å². The van der Waals surface area contributed by atoms with Crippen LogP contribution in [-0.4, -0.2) is 48.8 Å². The Kier molecular flexibility index (Phi) is 10.7. The third-order valence-electron chi connectivity index (χ3n) is 3.61. The van der Waals surface area contributed by atoms with E-state index in [4.69, 9.17) is 0 Å². The molecule has 1 unspecified atom stereocenters. The number of likely N-dealkylation sites (N-methyl/N-ethyl adjacent to an activating group) is 1. The van der Waals surface area contributed by atoms with Gasteiger partial charge in [-0.2, -0.15) is 0 Å². The molecule has 0 aliphatic heterocycles. The van der Waals surface area contributed by atoms with Crippen LogP contribution in [0.2, 0.25) is 0 Å². The van der Waals surface area contributed by atoms with Gasteiger partial charge in [-0.05, 0) is 52.9 Å². The van der Waals surface area contributed by atoms with Crippen LogP contribution in [0.15, 0.2) is 0 Å². The van der Waals surface area contributed by atoms with Crippen molar-refractivity contribution in [2.75, 3.05) is 33.3 Å². The molecule has 3 nitrogen and oxygen atoms in total. The zero-order valence-electron chi connectivity index (χ0n) is 13.0. The molecule has 3 heteroatoms. The predicted octanol–water partition coefficient (Wildman–Crippen LogP) is 2.64. The minimum absolute atomic E-state index is 0.0878. The maximum Gasteiger partial charge on any atom is 0.0610 e. The Bertz CT molecular complexity index is 187. The van der Waals surface area contributed by atoms with Crippen LogP contribution in [0.1, 0.15) is 59.3 Å². The maximum atomic E-state index is 9.40. The lowest BCUT2D eigenvalue weighted by atomic mass is 9.95. The summed E-state index contributed by atoms with van der Waals surface area (Å²) in [5.74, 6) is 0. The molecule has 0 aliphatic rings. The number of rotatable bonds is 12. The monoisotopic (exact) mass is 258 g/mol. The molecule has 0 aromatic carbocycles. The molecular formula is C15H34N2O. The second kappa shape index (κ2) is 10.8. The number of nitrogens with one attached hydrogen (secondary N) is 1. The Hall–Kier alpha value is -0.120. The van der Waals surface area contributed by atoms with Crippen LogP contribution in [0.5, 0.6) is 0 Å². The van der Waals surface area contributed by atoms with Crippen LogP contribution in [0.3, 0.4) is 0 Å². The average molecular weight is 258 g/mol. The van der Waals surface area contributed by atoms with Crippen molar-refractivity contribution in [3.05, 3.63) is 0 Å². The van der Waals surface area contributed by atoms with E-state index in [0.29, 0.717) is 0 Å². The molecule has 0 fully saturated rings. The number of hydrogen-bond acceptors (Lipinski definition) is 3. The lowest BCUT2D eigenvalue weighted by molar-refractivity contribution is 0.163. The van der Waals surface area contributed by atoms with Crippen molar-refractivity contribution in [2.45, 2.75) is 64.8 Å². The third kappa shape index (κ3) is 8.90. The molecule has 0 amide bonds. The fourth-order valence-corrected chi connectivity index (χ4v) is 2.29. The molecule has 0 rings (SSSR count). The molecule has 0 aromatic rings. The summed E-state index contributed by atoms with van der Waals surface area (Å²) in [4.78, 5) is 2.43. The highest BCUT2D eigenvalue weighted by Gasteiger charge is 2.20. The predicted molar refractivity (Wildman–Crippen MR) is 80.0 cm³/mol. The summed E-state index contributed by atoms with van der Waals surface area (Å²) in [6.07, 6.45) is 7.42. The molecular weight excluding hydrogens is 224 g/mol. The van der Waals surface area contributed by atoms with Crippen LogP contribution in [0.4, 0.5) is 0 Å². The van der Waals surface area contributed by atoms with Crippen LogP contribution < -0.4 is 5.32 Å². The van der Waals surface area contributed by atoms with Crippen LogP contribution in [0.25, 0.3) is 0 Å². The Morgan fingerprint density at radius 3 is 2.17 bits per heavy atom. The molecule has 0 heterocycles. The molecule has 0 bridgehead atoms. The van der Waals surface area contributed by atoms with Gasteiger partial charge in [-0.15, -0.1) is 0 Å². The van der Waals surface area contributed by atoms with Crippen molar-refractivity contribution in [1.82, 2.24) is 10.2 Å². The Morgan fingerprint density at radius 1 is 1.06 bits per heavy atom. The fourth-order valence-electron chi connectivity index (χ4n) is 2.29. The second-order valence-corrected chi connectivity index (χ2v) is 5.72. The van der Waals surface area contributed by atoms with Gasteiger partial charge >= 0.3 is 0 Å². The first kappa shape index (κ1) is 17.9. The highest BCUT2D eigenvalue weighted by molar-refractivity contribution is 4.81.